The van der Waals surface area contributed by atoms with Crippen molar-refractivity contribution in [2.24, 2.45) is 7.05 Å². The third-order valence-electron chi connectivity index (χ3n) is 2.67. The number of unbranched alkanes of at least 4 members (excludes halogenated alkanes) is 2. The maximum Gasteiger partial charge on any atom is 0.358 e. The van der Waals surface area contributed by atoms with E-state index in [1.165, 1.54) is 4.68 Å². The van der Waals surface area contributed by atoms with Crippen LogP contribution in [0.1, 0.15) is 49.3 Å². The number of ether oxygens (including phenoxy) is 1. The molecule has 0 atom stereocenters. The Bertz CT molecular complexity index is 385. The molecule has 0 saturated heterocycles. The van der Waals surface area contributed by atoms with Crippen molar-refractivity contribution in [2.45, 2.75) is 39.5 Å². The van der Waals surface area contributed by atoms with Gasteiger partial charge in [-0.05, 0) is 12.8 Å². The van der Waals surface area contributed by atoms with Crippen LogP contribution < -0.4 is 5.73 Å². The molecule has 1 aromatic heterocycles. The van der Waals surface area contributed by atoms with Crippen LogP contribution in [0.3, 0.4) is 0 Å². The second kappa shape index (κ2) is 6.27. The maximum absolute atomic E-state index is 11.8. The summed E-state index contributed by atoms with van der Waals surface area (Å²) in [6, 6.07) is 0. The molecule has 5 nitrogen and oxygen atoms in total. The maximum atomic E-state index is 11.8. The Balaban J connectivity index is 2.65. The molecule has 1 rings (SSSR count). The first-order valence-electron chi connectivity index (χ1n) is 6.10. The summed E-state index contributed by atoms with van der Waals surface area (Å²) in [4.78, 5) is 11.8. The normalized spacial score (nSPS) is 10.5. The van der Waals surface area contributed by atoms with Crippen molar-refractivity contribution in [3.05, 3.63) is 11.4 Å². The van der Waals surface area contributed by atoms with Crippen LogP contribution in [-0.2, 0) is 18.2 Å². The molecule has 2 N–H and O–H groups in total. The zero-order valence-corrected chi connectivity index (χ0v) is 10.8. The lowest BCUT2D eigenvalue weighted by Gasteiger charge is -2.05. The number of anilines is 1. The quantitative estimate of drug-likeness (QED) is 0.608. The van der Waals surface area contributed by atoms with Crippen molar-refractivity contribution < 1.29 is 9.53 Å². The SMILES string of the molecule is CCCCCOC(=O)c1c(N)c(CC)nn1C. The van der Waals surface area contributed by atoms with Crippen molar-refractivity contribution >= 4 is 11.7 Å². The Hall–Kier alpha value is -1.52. The highest BCUT2D eigenvalue weighted by atomic mass is 16.5. The monoisotopic (exact) mass is 239 g/mol. The lowest BCUT2D eigenvalue weighted by molar-refractivity contribution is 0.0486. The van der Waals surface area contributed by atoms with Gasteiger partial charge in [0, 0.05) is 7.05 Å². The number of nitrogens with two attached hydrogens (primary N) is 1. The van der Waals surface area contributed by atoms with Crippen molar-refractivity contribution in [3.63, 3.8) is 0 Å². The number of aryl methyl sites for hydroxylation is 2. The number of hydrogen-bond donors (Lipinski definition) is 1. The lowest BCUT2D eigenvalue weighted by Crippen LogP contribution is -2.13. The minimum absolute atomic E-state index is 0.360. The highest BCUT2D eigenvalue weighted by Crippen LogP contribution is 2.17. The zero-order chi connectivity index (χ0) is 12.8. The second-order valence-electron chi connectivity index (χ2n) is 4.03. The Morgan fingerprint density at radius 2 is 2.12 bits per heavy atom. The van der Waals surface area contributed by atoms with Gasteiger partial charge in [-0.1, -0.05) is 26.7 Å². The Kier molecular flexibility index (Phi) is 5.00. The van der Waals surface area contributed by atoms with E-state index in [0.29, 0.717) is 24.4 Å². The van der Waals surface area contributed by atoms with Gasteiger partial charge in [0.2, 0.25) is 0 Å². The number of carbonyl (C=O) groups excluding carboxylic acids is 1. The summed E-state index contributed by atoms with van der Waals surface area (Å²) in [6.45, 7) is 4.50. The van der Waals surface area contributed by atoms with Gasteiger partial charge in [-0.15, -0.1) is 0 Å². The molecule has 0 aliphatic carbocycles. The molecule has 0 fully saturated rings. The summed E-state index contributed by atoms with van der Waals surface area (Å²) >= 11 is 0. The fourth-order valence-corrected chi connectivity index (χ4v) is 1.68. The van der Waals surface area contributed by atoms with Gasteiger partial charge in [0.15, 0.2) is 5.69 Å². The second-order valence-corrected chi connectivity index (χ2v) is 4.03. The number of nitrogen functional groups attached to an aromatic ring is 1. The molecule has 0 amide bonds. The number of rotatable bonds is 6. The van der Waals surface area contributed by atoms with Gasteiger partial charge in [0.25, 0.3) is 0 Å². The van der Waals surface area contributed by atoms with Gasteiger partial charge in [-0.2, -0.15) is 5.10 Å². The van der Waals surface area contributed by atoms with Crippen LogP contribution in [0.5, 0.6) is 0 Å². The number of nitrogens with zero attached hydrogens (tertiary/aromatic N) is 2. The topological polar surface area (TPSA) is 70.1 Å². The molecule has 1 aromatic rings. The standard InChI is InChI=1S/C12H21N3O2/c1-4-6-7-8-17-12(16)11-10(13)9(5-2)14-15(11)3/h4-8,13H2,1-3H3. The summed E-state index contributed by atoms with van der Waals surface area (Å²) in [6.07, 6.45) is 3.77. The largest absolute Gasteiger partial charge is 0.461 e. The van der Waals surface area contributed by atoms with Gasteiger partial charge in [0.1, 0.15) is 0 Å². The smallest absolute Gasteiger partial charge is 0.358 e. The van der Waals surface area contributed by atoms with Crippen molar-refractivity contribution in [3.8, 4) is 0 Å². The van der Waals surface area contributed by atoms with Crippen LogP contribution in [0.25, 0.3) is 0 Å². The summed E-state index contributed by atoms with van der Waals surface area (Å²) in [5.41, 5.74) is 7.41. The van der Waals surface area contributed by atoms with Gasteiger partial charge in [0.05, 0.1) is 18.0 Å². The first-order valence-corrected chi connectivity index (χ1v) is 6.10. The molecule has 96 valence electrons. The van der Waals surface area contributed by atoms with Crippen LogP contribution in [0.2, 0.25) is 0 Å². The third-order valence-corrected chi connectivity index (χ3v) is 2.67. The molecule has 0 aliphatic rings. The number of esters is 1. The third kappa shape index (κ3) is 3.22. The molecular formula is C12H21N3O2. The molecule has 17 heavy (non-hydrogen) atoms. The highest BCUT2D eigenvalue weighted by molar-refractivity contribution is 5.93. The van der Waals surface area contributed by atoms with E-state index >= 15 is 0 Å². The predicted molar refractivity (Wildman–Crippen MR) is 66.8 cm³/mol. The Morgan fingerprint density at radius 1 is 1.41 bits per heavy atom. The first-order chi connectivity index (χ1) is 8.11. The molecule has 0 unspecified atom stereocenters. The minimum Gasteiger partial charge on any atom is -0.461 e. The predicted octanol–water partition coefficient (Wildman–Crippen LogP) is 1.91. The molecule has 0 aliphatic heterocycles. The van der Waals surface area contributed by atoms with Crippen LogP contribution in [0.15, 0.2) is 0 Å². The number of hydrogen-bond acceptors (Lipinski definition) is 4. The van der Waals surface area contributed by atoms with Gasteiger partial charge in [-0.3, -0.25) is 4.68 Å². The molecule has 0 aromatic carbocycles. The lowest BCUT2D eigenvalue weighted by atomic mass is 10.2. The number of aromatic nitrogens is 2. The zero-order valence-electron chi connectivity index (χ0n) is 10.8. The van der Waals surface area contributed by atoms with E-state index < -0.39 is 0 Å². The molecule has 0 spiro atoms. The molecule has 1 heterocycles. The van der Waals surface area contributed by atoms with Crippen LogP contribution in [0.4, 0.5) is 5.69 Å². The van der Waals surface area contributed by atoms with E-state index in [2.05, 4.69) is 12.0 Å². The molecule has 0 saturated carbocycles. The fraction of sp³-hybridized carbons (Fsp3) is 0.667. The van der Waals surface area contributed by atoms with Gasteiger partial charge in [-0.25, -0.2) is 4.79 Å². The molecule has 0 radical (unpaired) electrons. The summed E-state index contributed by atoms with van der Waals surface area (Å²) in [7, 11) is 1.71. The Labute approximate surface area is 102 Å². The number of carbonyl (C=O) groups is 1. The van der Waals surface area contributed by atoms with E-state index in [0.717, 1.165) is 25.0 Å². The highest BCUT2D eigenvalue weighted by Gasteiger charge is 2.20. The van der Waals surface area contributed by atoms with Crippen molar-refractivity contribution in [1.29, 1.82) is 0 Å². The average Bonchev–Trinajstić information content (AvgIpc) is 2.59. The van der Waals surface area contributed by atoms with E-state index in [1.54, 1.807) is 7.05 Å². The van der Waals surface area contributed by atoms with E-state index in [-0.39, 0.29) is 5.97 Å². The summed E-state index contributed by atoms with van der Waals surface area (Å²) in [5, 5.41) is 4.18. The van der Waals surface area contributed by atoms with Gasteiger partial charge < -0.3 is 10.5 Å². The fourth-order valence-electron chi connectivity index (χ4n) is 1.68. The average molecular weight is 239 g/mol. The van der Waals surface area contributed by atoms with Crippen LogP contribution in [0, 0.1) is 0 Å². The molecule has 5 heteroatoms. The Morgan fingerprint density at radius 3 is 2.65 bits per heavy atom. The van der Waals surface area contributed by atoms with Crippen LogP contribution >= 0.6 is 0 Å². The first kappa shape index (κ1) is 13.5. The van der Waals surface area contributed by atoms with Crippen molar-refractivity contribution in [1.82, 2.24) is 9.78 Å². The van der Waals surface area contributed by atoms with Gasteiger partial charge >= 0.3 is 5.97 Å². The summed E-state index contributed by atoms with van der Waals surface area (Å²) < 4.78 is 6.67. The van der Waals surface area contributed by atoms with E-state index in [1.807, 2.05) is 6.92 Å². The summed E-state index contributed by atoms with van der Waals surface area (Å²) in [5.74, 6) is -0.381. The molecular weight excluding hydrogens is 218 g/mol. The molecule has 0 bridgehead atoms. The van der Waals surface area contributed by atoms with E-state index in [4.69, 9.17) is 10.5 Å². The minimum atomic E-state index is -0.381. The van der Waals surface area contributed by atoms with Crippen molar-refractivity contribution in [2.75, 3.05) is 12.3 Å². The van der Waals surface area contributed by atoms with Crippen LogP contribution in [-0.4, -0.2) is 22.4 Å². The van der Waals surface area contributed by atoms with E-state index in [9.17, 15) is 4.79 Å².